The average Bonchev–Trinajstić information content (AvgIpc) is 3.08. The number of hydrogen-bond donors (Lipinski definition) is 1. The van der Waals surface area contributed by atoms with Gasteiger partial charge in [-0.25, -0.2) is 0 Å². The molecule has 0 saturated heterocycles. The van der Waals surface area contributed by atoms with Crippen LogP contribution in [0.3, 0.4) is 0 Å². The summed E-state index contributed by atoms with van der Waals surface area (Å²) < 4.78 is 44.0. The van der Waals surface area contributed by atoms with Crippen LogP contribution < -0.4 is 5.32 Å². The summed E-state index contributed by atoms with van der Waals surface area (Å²) in [5.41, 5.74) is -1.23. The minimum Gasteiger partial charge on any atom is -0.332 e. The Morgan fingerprint density at radius 3 is 2.15 bits per heavy atom. The molecule has 1 N–H and O–H groups in total. The predicted octanol–water partition coefficient (Wildman–Crippen LogP) is 7.49. The number of fused-ring (bicyclic) bond motifs is 1. The number of rotatable bonds is 5. The van der Waals surface area contributed by atoms with E-state index in [-0.39, 0.29) is 33.2 Å². The topological polar surface area (TPSA) is 51.1 Å². The highest BCUT2D eigenvalue weighted by atomic mass is 35.5. The number of carbonyl (C=O) groups is 2. The van der Waals surface area contributed by atoms with Crippen molar-refractivity contribution in [3.8, 4) is 0 Å². The van der Waals surface area contributed by atoms with E-state index in [9.17, 15) is 22.8 Å². The lowest BCUT2D eigenvalue weighted by atomic mass is 10.1. The van der Waals surface area contributed by atoms with Crippen molar-refractivity contribution in [1.29, 1.82) is 0 Å². The fraction of sp³-hybridized carbons (Fsp3) is 0.0833. The van der Waals surface area contributed by atoms with Gasteiger partial charge in [0.2, 0.25) is 0 Å². The standard InChI is InChI=1S/C24H14Cl3F3N2O2/c25-14-6-4-13(5-7-14)12-32-19-9-8-16(27)11-18(19)20(22(32)24(28,29)30)21(33)23(34)31-17-3-1-2-15(26)10-17/h1-11H,12H2,(H,31,34). The molecule has 1 heterocycles. The molecule has 0 aliphatic rings. The Labute approximate surface area is 206 Å². The summed E-state index contributed by atoms with van der Waals surface area (Å²) in [6.07, 6.45) is -4.95. The minimum atomic E-state index is -4.95. The number of hydrogen-bond acceptors (Lipinski definition) is 2. The summed E-state index contributed by atoms with van der Waals surface area (Å²) in [5.74, 6) is -2.59. The highest BCUT2D eigenvalue weighted by Gasteiger charge is 2.42. The Morgan fingerprint density at radius 2 is 1.50 bits per heavy atom. The molecule has 0 saturated carbocycles. The van der Waals surface area contributed by atoms with Crippen molar-refractivity contribution in [2.45, 2.75) is 12.7 Å². The zero-order valence-electron chi connectivity index (χ0n) is 17.1. The first kappa shape index (κ1) is 24.1. The van der Waals surface area contributed by atoms with Crippen LogP contribution in [0, 0.1) is 0 Å². The lowest BCUT2D eigenvalue weighted by molar-refractivity contribution is -0.143. The molecule has 34 heavy (non-hydrogen) atoms. The van der Waals surface area contributed by atoms with Gasteiger partial charge in [-0.15, -0.1) is 0 Å². The van der Waals surface area contributed by atoms with E-state index in [0.717, 1.165) is 4.57 Å². The van der Waals surface area contributed by atoms with Crippen LogP contribution in [-0.2, 0) is 17.5 Å². The fourth-order valence-electron chi connectivity index (χ4n) is 3.66. The van der Waals surface area contributed by atoms with Crippen LogP contribution in [0.25, 0.3) is 10.9 Å². The van der Waals surface area contributed by atoms with E-state index < -0.39 is 29.1 Å². The molecule has 4 aromatic rings. The molecule has 0 spiro atoms. The fourth-order valence-corrected chi connectivity index (χ4v) is 4.14. The van der Waals surface area contributed by atoms with Gasteiger partial charge in [0.1, 0.15) is 5.69 Å². The molecular formula is C24H14Cl3F3N2O2. The highest BCUT2D eigenvalue weighted by molar-refractivity contribution is 6.49. The van der Waals surface area contributed by atoms with Crippen molar-refractivity contribution in [3.05, 3.63) is 98.6 Å². The van der Waals surface area contributed by atoms with Gasteiger partial charge in [-0.2, -0.15) is 13.2 Å². The summed E-state index contributed by atoms with van der Waals surface area (Å²) in [6, 6.07) is 16.2. The van der Waals surface area contributed by atoms with E-state index in [4.69, 9.17) is 34.8 Å². The SMILES string of the molecule is O=C(Nc1cccc(Cl)c1)C(=O)c1c(C(F)(F)F)n(Cc2ccc(Cl)cc2)c2ccc(Cl)cc12. The number of carbonyl (C=O) groups excluding carboxylic acids is 2. The van der Waals surface area contributed by atoms with Gasteiger partial charge in [-0.3, -0.25) is 9.59 Å². The van der Waals surface area contributed by atoms with Crippen LogP contribution in [0.4, 0.5) is 18.9 Å². The third-order valence-corrected chi connectivity index (χ3v) is 5.79. The molecular weight excluding hydrogens is 512 g/mol. The molecule has 0 unspecified atom stereocenters. The molecule has 4 rings (SSSR count). The van der Waals surface area contributed by atoms with E-state index in [1.165, 1.54) is 36.4 Å². The quantitative estimate of drug-likeness (QED) is 0.217. The second kappa shape index (κ2) is 9.33. The molecule has 3 aromatic carbocycles. The largest absolute Gasteiger partial charge is 0.432 e. The second-order valence-corrected chi connectivity index (χ2v) is 8.70. The van der Waals surface area contributed by atoms with Crippen molar-refractivity contribution < 1.29 is 22.8 Å². The minimum absolute atomic E-state index is 0.0833. The molecule has 4 nitrogen and oxygen atoms in total. The van der Waals surface area contributed by atoms with Gasteiger partial charge in [0.25, 0.3) is 11.7 Å². The van der Waals surface area contributed by atoms with Crippen LogP contribution in [0.15, 0.2) is 66.7 Å². The van der Waals surface area contributed by atoms with E-state index >= 15 is 0 Å². The Kier molecular flexibility index (Phi) is 6.62. The first-order chi connectivity index (χ1) is 16.0. The van der Waals surface area contributed by atoms with Crippen LogP contribution in [-0.4, -0.2) is 16.3 Å². The van der Waals surface area contributed by atoms with Crippen molar-refractivity contribution >= 4 is 63.1 Å². The lowest BCUT2D eigenvalue weighted by Crippen LogP contribution is -2.26. The van der Waals surface area contributed by atoms with Gasteiger partial charge >= 0.3 is 6.18 Å². The molecule has 1 aromatic heterocycles. The Balaban J connectivity index is 1.87. The number of halogens is 6. The van der Waals surface area contributed by atoms with E-state index in [1.54, 1.807) is 30.3 Å². The summed E-state index contributed by atoms with van der Waals surface area (Å²) in [7, 11) is 0. The Bertz CT molecular complexity index is 1410. The molecule has 0 atom stereocenters. The summed E-state index contributed by atoms with van der Waals surface area (Å²) in [5, 5.41) is 3.06. The zero-order valence-corrected chi connectivity index (χ0v) is 19.4. The number of Topliss-reactive ketones (excluding diaryl/α,β-unsaturated/α-hetero) is 1. The molecule has 174 valence electrons. The lowest BCUT2D eigenvalue weighted by Gasteiger charge is -2.15. The molecule has 10 heteroatoms. The van der Waals surface area contributed by atoms with Gasteiger partial charge in [0.05, 0.1) is 5.56 Å². The summed E-state index contributed by atoms with van der Waals surface area (Å²) >= 11 is 17.8. The Morgan fingerprint density at radius 1 is 0.853 bits per heavy atom. The number of ketones is 1. The zero-order chi connectivity index (χ0) is 24.6. The van der Waals surface area contributed by atoms with Gasteiger partial charge in [-0.1, -0.05) is 53.0 Å². The van der Waals surface area contributed by atoms with Crippen LogP contribution in [0.2, 0.25) is 15.1 Å². The van der Waals surface area contributed by atoms with E-state index in [0.29, 0.717) is 10.6 Å². The number of anilines is 1. The second-order valence-electron chi connectivity index (χ2n) is 7.39. The monoisotopic (exact) mass is 524 g/mol. The van der Waals surface area contributed by atoms with Crippen molar-refractivity contribution in [1.82, 2.24) is 4.57 Å². The average molecular weight is 526 g/mol. The number of benzene rings is 3. The maximum atomic E-state index is 14.3. The van der Waals surface area contributed by atoms with Crippen molar-refractivity contribution in [2.24, 2.45) is 0 Å². The van der Waals surface area contributed by atoms with Crippen molar-refractivity contribution in [3.63, 3.8) is 0 Å². The van der Waals surface area contributed by atoms with E-state index in [1.807, 2.05) is 0 Å². The molecule has 0 aliphatic heterocycles. The molecule has 0 aliphatic carbocycles. The number of nitrogens with one attached hydrogen (secondary N) is 1. The van der Waals surface area contributed by atoms with Gasteiger partial charge in [0.15, 0.2) is 0 Å². The first-order valence-corrected chi connectivity index (χ1v) is 10.9. The maximum absolute atomic E-state index is 14.3. The van der Waals surface area contributed by atoms with Gasteiger partial charge < -0.3 is 9.88 Å². The van der Waals surface area contributed by atoms with Crippen molar-refractivity contribution in [2.75, 3.05) is 5.32 Å². The smallest absolute Gasteiger partial charge is 0.332 e. The van der Waals surface area contributed by atoms with E-state index in [2.05, 4.69) is 5.32 Å². The number of aromatic nitrogens is 1. The van der Waals surface area contributed by atoms with Gasteiger partial charge in [0, 0.05) is 38.2 Å². The Hall–Kier alpha value is -3.00. The summed E-state index contributed by atoms with van der Waals surface area (Å²) in [6.45, 7) is -0.215. The van der Waals surface area contributed by atoms with Crippen LogP contribution >= 0.6 is 34.8 Å². The number of amides is 1. The summed E-state index contributed by atoms with van der Waals surface area (Å²) in [4.78, 5) is 25.8. The third kappa shape index (κ3) is 4.92. The molecule has 0 fully saturated rings. The van der Waals surface area contributed by atoms with Gasteiger partial charge in [-0.05, 0) is 54.1 Å². The highest BCUT2D eigenvalue weighted by Crippen LogP contribution is 2.40. The number of nitrogens with zero attached hydrogens (tertiary/aromatic N) is 1. The van der Waals surface area contributed by atoms with Crippen LogP contribution in [0.5, 0.6) is 0 Å². The third-order valence-electron chi connectivity index (χ3n) is 5.06. The predicted molar refractivity (Wildman–Crippen MR) is 127 cm³/mol. The normalized spacial score (nSPS) is 11.6. The molecule has 0 radical (unpaired) electrons. The number of alkyl halides is 3. The first-order valence-electron chi connectivity index (χ1n) is 9.79. The maximum Gasteiger partial charge on any atom is 0.432 e. The molecule has 1 amide bonds. The van der Waals surface area contributed by atoms with Crippen LogP contribution in [0.1, 0.15) is 21.6 Å². The molecule has 0 bridgehead atoms.